The molecule has 2 amide bonds. The Bertz CT molecular complexity index is 1050. The van der Waals surface area contributed by atoms with Gasteiger partial charge in [-0.15, -0.1) is 0 Å². The highest BCUT2D eigenvalue weighted by Gasteiger charge is 2.26. The number of nitro benzene ring substituents is 1. The number of amides is 2. The molecule has 31 heavy (non-hydrogen) atoms. The molecule has 0 saturated carbocycles. The molecule has 0 bridgehead atoms. The van der Waals surface area contributed by atoms with E-state index in [1.807, 2.05) is 0 Å². The Morgan fingerprint density at radius 3 is 2.39 bits per heavy atom. The Kier molecular flexibility index (Phi) is 8.03. The van der Waals surface area contributed by atoms with Gasteiger partial charge >= 0.3 is 5.97 Å². The molecule has 0 fully saturated rings. The molecule has 3 N–H and O–H groups in total. The number of hydrogen-bond acceptors (Lipinski definition) is 5. The van der Waals surface area contributed by atoms with Gasteiger partial charge in [0.25, 0.3) is 17.5 Å². The highest BCUT2D eigenvalue weighted by Crippen LogP contribution is 2.18. The fourth-order valence-electron chi connectivity index (χ4n) is 2.62. The topological polar surface area (TPSA) is 139 Å². The van der Waals surface area contributed by atoms with Crippen molar-refractivity contribution < 1.29 is 24.4 Å². The number of nitrogens with zero attached hydrogens (tertiary/aromatic N) is 1. The smallest absolute Gasteiger partial charge is 0.326 e. The van der Waals surface area contributed by atoms with Gasteiger partial charge in [0.2, 0.25) is 0 Å². The van der Waals surface area contributed by atoms with Crippen molar-refractivity contribution in [3.05, 3.63) is 79.9 Å². The van der Waals surface area contributed by atoms with Crippen LogP contribution in [0.4, 0.5) is 5.69 Å². The summed E-state index contributed by atoms with van der Waals surface area (Å²) >= 11 is 3.26. The van der Waals surface area contributed by atoms with E-state index < -0.39 is 34.7 Å². The summed E-state index contributed by atoms with van der Waals surface area (Å²) in [6.45, 7) is 3.26. The second kappa shape index (κ2) is 10.5. The third kappa shape index (κ3) is 6.48. The zero-order chi connectivity index (χ0) is 23.1. The lowest BCUT2D eigenvalue weighted by molar-refractivity contribution is -0.384. The number of benzene rings is 2. The van der Waals surface area contributed by atoms with Crippen LogP contribution >= 0.6 is 15.9 Å². The van der Waals surface area contributed by atoms with Crippen LogP contribution in [0, 0.1) is 16.0 Å². The number of hydrogen-bond donors (Lipinski definition) is 3. The summed E-state index contributed by atoms with van der Waals surface area (Å²) in [6, 6.07) is 10.8. The molecule has 1 atom stereocenters. The van der Waals surface area contributed by atoms with E-state index in [4.69, 9.17) is 0 Å². The van der Waals surface area contributed by atoms with Crippen LogP contribution in [-0.4, -0.2) is 33.9 Å². The van der Waals surface area contributed by atoms with E-state index in [1.54, 1.807) is 32.0 Å². The van der Waals surface area contributed by atoms with E-state index in [0.29, 0.717) is 4.47 Å². The molecule has 2 rings (SSSR count). The molecule has 0 heterocycles. The van der Waals surface area contributed by atoms with E-state index >= 15 is 0 Å². The lowest BCUT2D eigenvalue weighted by Crippen LogP contribution is -2.47. The molecule has 0 aliphatic rings. The number of rotatable bonds is 8. The summed E-state index contributed by atoms with van der Waals surface area (Å²) in [5.74, 6) is -3.10. The van der Waals surface area contributed by atoms with E-state index in [2.05, 4.69) is 26.6 Å². The predicted octanol–water partition coefficient (Wildman–Crippen LogP) is 3.35. The molecule has 10 heteroatoms. The lowest BCUT2D eigenvalue weighted by atomic mass is 10.0. The lowest BCUT2D eigenvalue weighted by Gasteiger charge is -2.19. The number of nitrogens with one attached hydrogen (secondary N) is 2. The van der Waals surface area contributed by atoms with Gasteiger partial charge in [0.05, 0.1) is 10.5 Å². The number of carbonyl (C=O) groups excluding carboxylic acids is 2. The van der Waals surface area contributed by atoms with Crippen LogP contribution in [0.2, 0.25) is 0 Å². The molecule has 162 valence electrons. The summed E-state index contributed by atoms with van der Waals surface area (Å²) in [4.78, 5) is 47.5. The number of carboxylic acids is 1. The quantitative estimate of drug-likeness (QED) is 0.295. The van der Waals surface area contributed by atoms with Gasteiger partial charge in [0.1, 0.15) is 11.7 Å². The first-order chi connectivity index (χ1) is 14.6. The average Bonchev–Trinajstić information content (AvgIpc) is 2.71. The number of halogens is 1. The second-order valence-electron chi connectivity index (χ2n) is 6.88. The summed E-state index contributed by atoms with van der Waals surface area (Å²) in [6.07, 6.45) is 1.25. The van der Waals surface area contributed by atoms with Crippen molar-refractivity contribution in [2.24, 2.45) is 5.92 Å². The second-order valence-corrected chi connectivity index (χ2v) is 7.73. The third-order valence-corrected chi connectivity index (χ3v) is 4.91. The van der Waals surface area contributed by atoms with Crippen LogP contribution in [0.3, 0.4) is 0 Å². The Morgan fingerprint density at radius 2 is 1.81 bits per heavy atom. The Hall–Kier alpha value is -3.53. The minimum Gasteiger partial charge on any atom is -0.480 e. The molecule has 0 aliphatic carbocycles. The summed E-state index contributed by atoms with van der Waals surface area (Å²) < 4.78 is 0.494. The molecule has 2 aromatic rings. The van der Waals surface area contributed by atoms with Crippen molar-refractivity contribution >= 4 is 45.5 Å². The van der Waals surface area contributed by atoms with Crippen LogP contribution in [0.15, 0.2) is 58.7 Å². The van der Waals surface area contributed by atoms with Gasteiger partial charge in [-0.3, -0.25) is 19.7 Å². The number of non-ortho nitro benzene ring substituents is 1. The predicted molar refractivity (Wildman–Crippen MR) is 117 cm³/mol. The largest absolute Gasteiger partial charge is 0.480 e. The Morgan fingerprint density at radius 1 is 1.13 bits per heavy atom. The molecule has 0 saturated heterocycles. The van der Waals surface area contributed by atoms with Crippen LogP contribution in [-0.2, 0) is 9.59 Å². The van der Waals surface area contributed by atoms with Crippen molar-refractivity contribution in [1.82, 2.24) is 10.6 Å². The number of carbonyl (C=O) groups is 3. The maximum absolute atomic E-state index is 12.8. The highest BCUT2D eigenvalue weighted by atomic mass is 79.9. The maximum Gasteiger partial charge on any atom is 0.326 e. The first-order valence-corrected chi connectivity index (χ1v) is 9.95. The minimum absolute atomic E-state index is 0.198. The average molecular weight is 490 g/mol. The van der Waals surface area contributed by atoms with Gasteiger partial charge in [0, 0.05) is 16.6 Å². The molecule has 2 aromatic carbocycles. The molecule has 0 spiro atoms. The van der Waals surface area contributed by atoms with Gasteiger partial charge in [-0.05, 0) is 45.6 Å². The van der Waals surface area contributed by atoms with Crippen LogP contribution in [0.5, 0.6) is 0 Å². The van der Waals surface area contributed by atoms with Gasteiger partial charge in [-0.25, -0.2) is 4.79 Å². The third-order valence-electron chi connectivity index (χ3n) is 4.22. The zero-order valence-corrected chi connectivity index (χ0v) is 18.3. The van der Waals surface area contributed by atoms with Crippen molar-refractivity contribution in [3.8, 4) is 0 Å². The van der Waals surface area contributed by atoms with Gasteiger partial charge < -0.3 is 15.7 Å². The van der Waals surface area contributed by atoms with Crippen LogP contribution in [0.25, 0.3) is 6.08 Å². The summed E-state index contributed by atoms with van der Waals surface area (Å²) in [5, 5.41) is 25.2. The standard InChI is InChI=1S/C21H20BrN3O6/c1-12(2)18(21(28)29)24-20(27)17(11-13-6-5-7-14(10-13)25(30)31)23-19(26)15-8-3-4-9-16(15)22/h3-12,18H,1-2H3,(H,23,26)(H,24,27)(H,28,29)/b17-11+/t18-/m0/s1. The molecular formula is C21H20BrN3O6. The fraction of sp³-hybridized carbons (Fsp3) is 0.190. The van der Waals surface area contributed by atoms with Crippen molar-refractivity contribution in [2.75, 3.05) is 0 Å². The zero-order valence-electron chi connectivity index (χ0n) is 16.7. The number of nitro groups is 1. The highest BCUT2D eigenvalue weighted by molar-refractivity contribution is 9.10. The maximum atomic E-state index is 12.8. The van der Waals surface area contributed by atoms with E-state index in [0.717, 1.165) is 0 Å². The monoisotopic (exact) mass is 489 g/mol. The van der Waals surface area contributed by atoms with Crippen molar-refractivity contribution in [2.45, 2.75) is 19.9 Å². The summed E-state index contributed by atoms with van der Waals surface area (Å²) in [5.41, 5.74) is 0.0754. The summed E-state index contributed by atoms with van der Waals surface area (Å²) in [7, 11) is 0. The van der Waals surface area contributed by atoms with Gasteiger partial charge in [-0.2, -0.15) is 0 Å². The molecule has 0 unspecified atom stereocenters. The van der Waals surface area contributed by atoms with E-state index in [1.165, 1.54) is 36.4 Å². The number of carboxylic acid groups (broad SMARTS) is 1. The van der Waals surface area contributed by atoms with Crippen LogP contribution < -0.4 is 10.6 Å². The fourth-order valence-corrected chi connectivity index (χ4v) is 3.09. The van der Waals surface area contributed by atoms with Crippen molar-refractivity contribution in [1.29, 1.82) is 0 Å². The molecule has 9 nitrogen and oxygen atoms in total. The molecule has 0 radical (unpaired) electrons. The normalized spacial score (nSPS) is 12.2. The first-order valence-electron chi connectivity index (χ1n) is 9.16. The molecule has 0 aromatic heterocycles. The number of aliphatic carboxylic acids is 1. The minimum atomic E-state index is -1.23. The first kappa shape index (κ1) is 23.7. The SMILES string of the molecule is CC(C)[C@H](NC(=O)/C(=C\c1cccc([N+](=O)[O-])c1)NC(=O)c1ccccc1Br)C(=O)O. The Balaban J connectivity index is 2.43. The van der Waals surface area contributed by atoms with E-state index in [9.17, 15) is 29.6 Å². The molecule has 0 aliphatic heterocycles. The van der Waals surface area contributed by atoms with Gasteiger partial charge in [0.15, 0.2) is 0 Å². The Labute approximate surface area is 186 Å². The van der Waals surface area contributed by atoms with E-state index in [-0.39, 0.29) is 22.5 Å². The van der Waals surface area contributed by atoms with Crippen LogP contribution in [0.1, 0.15) is 29.8 Å². The van der Waals surface area contributed by atoms with Crippen molar-refractivity contribution in [3.63, 3.8) is 0 Å². The molecular weight excluding hydrogens is 470 g/mol. The van der Waals surface area contributed by atoms with Gasteiger partial charge in [-0.1, -0.05) is 38.1 Å².